The second-order valence-corrected chi connectivity index (χ2v) is 4.32. The Morgan fingerprint density at radius 3 is 2.58 bits per heavy atom. The van der Waals surface area contributed by atoms with Crippen molar-refractivity contribution in [2.24, 2.45) is 0 Å². The zero-order valence-electron chi connectivity index (χ0n) is 10.5. The molecule has 0 aliphatic carbocycles. The summed E-state index contributed by atoms with van der Waals surface area (Å²) in [5.74, 6) is -0.463. The second kappa shape index (κ2) is 5.56. The maximum absolute atomic E-state index is 12.7. The number of halogens is 1. The lowest BCUT2D eigenvalue weighted by Crippen LogP contribution is -2.27. The molecular weight excluding hydrogens is 247 g/mol. The van der Waals surface area contributed by atoms with Crippen LogP contribution in [0, 0.1) is 12.7 Å². The maximum Gasteiger partial charge on any atom is 0.348 e. The first kappa shape index (κ1) is 13.1. The van der Waals surface area contributed by atoms with Gasteiger partial charge in [-0.05, 0) is 30.7 Å². The number of ketones is 1. The highest BCUT2D eigenvalue weighted by atomic mass is 19.1. The predicted octanol–water partition coefficient (Wildman–Crippen LogP) is 1.50. The number of carbonyl (C=O) groups is 1. The van der Waals surface area contributed by atoms with Crippen LogP contribution in [0.15, 0.2) is 41.3 Å². The third-order valence-electron chi connectivity index (χ3n) is 2.67. The van der Waals surface area contributed by atoms with Crippen LogP contribution in [0.2, 0.25) is 0 Å². The van der Waals surface area contributed by atoms with Crippen LogP contribution in [0.1, 0.15) is 11.3 Å². The van der Waals surface area contributed by atoms with E-state index < -0.39 is 5.69 Å². The average Bonchev–Trinajstić information content (AvgIpc) is 2.36. The van der Waals surface area contributed by atoms with Crippen molar-refractivity contribution in [2.75, 3.05) is 0 Å². The Hall–Kier alpha value is -2.30. The number of aromatic nitrogens is 2. The molecule has 98 valence electrons. The minimum Gasteiger partial charge on any atom is -0.297 e. The minimum atomic E-state index is -0.438. The molecule has 0 aliphatic heterocycles. The van der Waals surface area contributed by atoms with Crippen molar-refractivity contribution < 1.29 is 9.18 Å². The fourth-order valence-corrected chi connectivity index (χ4v) is 1.71. The Bertz CT molecular complexity index is 647. The zero-order valence-corrected chi connectivity index (χ0v) is 10.5. The predicted molar refractivity (Wildman–Crippen MR) is 68.3 cm³/mol. The first-order valence-corrected chi connectivity index (χ1v) is 5.85. The van der Waals surface area contributed by atoms with Crippen molar-refractivity contribution in [3.63, 3.8) is 0 Å². The van der Waals surface area contributed by atoms with Crippen LogP contribution < -0.4 is 5.69 Å². The van der Waals surface area contributed by atoms with Gasteiger partial charge in [-0.15, -0.1) is 0 Å². The van der Waals surface area contributed by atoms with E-state index in [1.54, 1.807) is 31.3 Å². The van der Waals surface area contributed by atoms with Gasteiger partial charge in [0.05, 0.1) is 6.54 Å². The molecule has 0 bridgehead atoms. The van der Waals surface area contributed by atoms with Crippen molar-refractivity contribution in [1.82, 2.24) is 9.55 Å². The summed E-state index contributed by atoms with van der Waals surface area (Å²) in [5, 5.41) is 0. The number of Topliss-reactive ketones (excluding diaryl/α,β-unsaturated/α-hetero) is 1. The van der Waals surface area contributed by atoms with E-state index in [0.717, 1.165) is 5.56 Å². The summed E-state index contributed by atoms with van der Waals surface area (Å²) in [4.78, 5) is 27.1. The van der Waals surface area contributed by atoms with Crippen LogP contribution in [-0.4, -0.2) is 15.3 Å². The first-order valence-electron chi connectivity index (χ1n) is 5.85. The molecule has 1 aromatic carbocycles. The molecule has 0 atom stereocenters. The highest BCUT2D eigenvalue weighted by molar-refractivity contribution is 5.80. The molecule has 0 spiro atoms. The van der Waals surface area contributed by atoms with Gasteiger partial charge in [0.15, 0.2) is 5.78 Å². The van der Waals surface area contributed by atoms with Crippen molar-refractivity contribution in [3.05, 3.63) is 64.1 Å². The smallest absolute Gasteiger partial charge is 0.297 e. The summed E-state index contributed by atoms with van der Waals surface area (Å²) in [6.07, 6.45) is 1.72. The molecule has 4 nitrogen and oxygen atoms in total. The molecule has 0 N–H and O–H groups in total. The van der Waals surface area contributed by atoms with Gasteiger partial charge in [0.1, 0.15) is 5.82 Å². The van der Waals surface area contributed by atoms with Crippen LogP contribution in [0.5, 0.6) is 0 Å². The molecule has 2 aromatic rings. The lowest BCUT2D eigenvalue weighted by molar-refractivity contribution is -0.119. The third kappa shape index (κ3) is 3.58. The van der Waals surface area contributed by atoms with E-state index in [4.69, 9.17) is 0 Å². The van der Waals surface area contributed by atoms with Gasteiger partial charge < -0.3 is 0 Å². The normalized spacial score (nSPS) is 10.4. The van der Waals surface area contributed by atoms with Crippen molar-refractivity contribution >= 4 is 5.78 Å². The van der Waals surface area contributed by atoms with Crippen LogP contribution in [0.3, 0.4) is 0 Å². The number of hydrogen-bond donors (Lipinski definition) is 0. The number of hydrogen-bond acceptors (Lipinski definition) is 3. The van der Waals surface area contributed by atoms with E-state index in [0.29, 0.717) is 5.69 Å². The Kier molecular flexibility index (Phi) is 3.85. The van der Waals surface area contributed by atoms with Crippen molar-refractivity contribution in [1.29, 1.82) is 0 Å². The van der Waals surface area contributed by atoms with Crippen molar-refractivity contribution in [2.45, 2.75) is 19.9 Å². The van der Waals surface area contributed by atoms with E-state index in [1.165, 1.54) is 16.7 Å². The number of benzene rings is 1. The Morgan fingerprint density at radius 2 is 1.95 bits per heavy atom. The molecule has 0 saturated carbocycles. The monoisotopic (exact) mass is 260 g/mol. The zero-order chi connectivity index (χ0) is 13.8. The highest BCUT2D eigenvalue weighted by Gasteiger charge is 2.07. The van der Waals surface area contributed by atoms with Crippen molar-refractivity contribution in [3.8, 4) is 0 Å². The van der Waals surface area contributed by atoms with Gasteiger partial charge in [-0.1, -0.05) is 12.1 Å². The Labute approximate surface area is 109 Å². The molecule has 5 heteroatoms. The molecule has 0 unspecified atom stereocenters. The molecular formula is C14H13FN2O2. The quantitative estimate of drug-likeness (QED) is 0.837. The summed E-state index contributed by atoms with van der Waals surface area (Å²) in [6.45, 7) is 1.69. The fourth-order valence-electron chi connectivity index (χ4n) is 1.71. The van der Waals surface area contributed by atoms with E-state index >= 15 is 0 Å². The Morgan fingerprint density at radius 1 is 1.26 bits per heavy atom. The number of aryl methyl sites for hydroxylation is 1. The number of carbonyl (C=O) groups excluding carboxylic acids is 1. The molecule has 0 aliphatic rings. The standard InChI is InChI=1S/C14H13FN2O2/c1-10-6-7-17(14(19)16-10)9-13(18)8-11-2-4-12(15)5-3-11/h2-7H,8-9H2,1H3. The van der Waals surface area contributed by atoms with Gasteiger partial charge in [-0.25, -0.2) is 9.18 Å². The summed E-state index contributed by atoms with van der Waals surface area (Å²) in [6, 6.07) is 7.41. The number of nitrogens with zero attached hydrogens (tertiary/aromatic N) is 2. The molecule has 2 rings (SSSR count). The van der Waals surface area contributed by atoms with Gasteiger partial charge in [-0.2, -0.15) is 4.98 Å². The Balaban J connectivity index is 2.05. The molecule has 1 heterocycles. The maximum atomic E-state index is 12.7. The third-order valence-corrected chi connectivity index (χ3v) is 2.67. The van der Waals surface area contributed by atoms with E-state index in [2.05, 4.69) is 4.98 Å². The lowest BCUT2D eigenvalue weighted by atomic mass is 10.1. The molecule has 0 radical (unpaired) electrons. The van der Waals surface area contributed by atoms with Gasteiger partial charge in [0.2, 0.25) is 0 Å². The summed E-state index contributed by atoms with van der Waals surface area (Å²) in [5.41, 5.74) is 0.902. The molecule has 0 amide bonds. The molecule has 1 aromatic heterocycles. The summed E-state index contributed by atoms with van der Waals surface area (Å²) >= 11 is 0. The second-order valence-electron chi connectivity index (χ2n) is 4.32. The average molecular weight is 260 g/mol. The molecule has 0 fully saturated rings. The minimum absolute atomic E-state index is 0.0243. The van der Waals surface area contributed by atoms with Crippen LogP contribution in [0.4, 0.5) is 4.39 Å². The summed E-state index contributed by atoms with van der Waals surface area (Å²) < 4.78 is 14.0. The largest absolute Gasteiger partial charge is 0.348 e. The van der Waals surface area contributed by atoms with Gasteiger partial charge >= 0.3 is 5.69 Å². The van der Waals surface area contributed by atoms with Gasteiger partial charge in [0.25, 0.3) is 0 Å². The molecule has 19 heavy (non-hydrogen) atoms. The molecule has 0 saturated heterocycles. The highest BCUT2D eigenvalue weighted by Crippen LogP contribution is 2.04. The van der Waals surface area contributed by atoms with Crippen LogP contribution in [0.25, 0.3) is 0 Å². The van der Waals surface area contributed by atoms with E-state index in [-0.39, 0.29) is 24.6 Å². The van der Waals surface area contributed by atoms with E-state index in [9.17, 15) is 14.0 Å². The van der Waals surface area contributed by atoms with E-state index in [1.807, 2.05) is 0 Å². The first-order chi connectivity index (χ1) is 9.04. The van der Waals surface area contributed by atoms with Gasteiger partial charge in [0, 0.05) is 18.3 Å². The SMILES string of the molecule is Cc1ccn(CC(=O)Cc2ccc(F)cc2)c(=O)n1. The van der Waals surface area contributed by atoms with Crippen LogP contribution in [-0.2, 0) is 17.8 Å². The number of rotatable bonds is 4. The van der Waals surface area contributed by atoms with Gasteiger partial charge in [-0.3, -0.25) is 9.36 Å². The lowest BCUT2D eigenvalue weighted by Gasteiger charge is -2.04. The topological polar surface area (TPSA) is 52.0 Å². The summed E-state index contributed by atoms with van der Waals surface area (Å²) in [7, 11) is 0. The fraction of sp³-hybridized carbons (Fsp3) is 0.214. The van der Waals surface area contributed by atoms with Crippen LogP contribution >= 0.6 is 0 Å².